The number of carbonyl (C=O) groups excluding carboxylic acids is 1. The maximum Gasteiger partial charge on any atom is 0.279 e. The van der Waals surface area contributed by atoms with Crippen LogP contribution in [0.2, 0.25) is 5.02 Å². The molecule has 0 unspecified atom stereocenters. The number of hydrogen-bond acceptors (Lipinski definition) is 2. The predicted molar refractivity (Wildman–Crippen MR) is 84.9 cm³/mol. The number of aromatic nitrogens is 2. The van der Waals surface area contributed by atoms with Crippen molar-refractivity contribution in [2.75, 3.05) is 0 Å². The van der Waals surface area contributed by atoms with Crippen molar-refractivity contribution in [2.24, 2.45) is 4.99 Å². The second-order valence-corrected chi connectivity index (χ2v) is 4.97. The van der Waals surface area contributed by atoms with E-state index >= 15 is 0 Å². The van der Waals surface area contributed by atoms with Gasteiger partial charge in [0.1, 0.15) is 0 Å². The molecule has 5 heteroatoms. The van der Waals surface area contributed by atoms with E-state index in [0.717, 1.165) is 5.69 Å². The monoisotopic (exact) mass is 309 g/mol. The van der Waals surface area contributed by atoms with E-state index in [1.165, 1.54) is 0 Å². The molecule has 3 aromatic rings. The maximum atomic E-state index is 12.1. The minimum atomic E-state index is -0.384. The third-order valence-corrected chi connectivity index (χ3v) is 3.39. The Morgan fingerprint density at radius 3 is 2.41 bits per heavy atom. The number of carbonyl (C=O) groups is 1. The normalized spacial score (nSPS) is 11.4. The molecule has 4 nitrogen and oxygen atoms in total. The second-order valence-electron chi connectivity index (χ2n) is 4.56. The molecule has 0 aliphatic rings. The smallest absolute Gasteiger partial charge is 0.267 e. The molecule has 0 fully saturated rings. The lowest BCUT2D eigenvalue weighted by molar-refractivity contribution is 0.0998. The van der Waals surface area contributed by atoms with Crippen LogP contribution in [0.25, 0.3) is 5.69 Å². The van der Waals surface area contributed by atoms with E-state index in [-0.39, 0.29) is 5.91 Å². The van der Waals surface area contributed by atoms with Gasteiger partial charge < -0.3 is 0 Å². The minimum absolute atomic E-state index is 0.379. The number of nitrogens with zero attached hydrogens (tertiary/aromatic N) is 3. The Kier molecular flexibility index (Phi) is 4.12. The number of halogens is 1. The molecule has 0 spiro atoms. The number of para-hydroxylation sites is 1. The van der Waals surface area contributed by atoms with Gasteiger partial charge in [0.05, 0.1) is 27.8 Å². The fraction of sp³-hybridized carbons (Fsp3) is 0. The average Bonchev–Trinajstić information content (AvgIpc) is 2.57. The molecule has 108 valence electrons. The summed E-state index contributed by atoms with van der Waals surface area (Å²) in [5.41, 5.74) is 1.32. The predicted octanol–water partition coefficient (Wildman–Crippen LogP) is 3.27. The first kappa shape index (κ1) is 14.2. The molecule has 22 heavy (non-hydrogen) atoms. The summed E-state index contributed by atoms with van der Waals surface area (Å²) in [6.45, 7) is 0. The van der Waals surface area contributed by atoms with E-state index < -0.39 is 0 Å². The Labute approximate surface area is 132 Å². The second kappa shape index (κ2) is 6.37. The van der Waals surface area contributed by atoms with Gasteiger partial charge in [0, 0.05) is 6.20 Å². The standard InChI is InChI=1S/C17H12ClN3O/c18-16-9-5-4-8-15(16)17(22)20-13-10-11-21(19-12-13)14-6-2-1-3-7-14/h1-12H/b20-13+. The lowest BCUT2D eigenvalue weighted by Crippen LogP contribution is -2.11. The third kappa shape index (κ3) is 3.13. The highest BCUT2D eigenvalue weighted by Crippen LogP contribution is 2.15. The van der Waals surface area contributed by atoms with Crippen LogP contribution in [0.1, 0.15) is 10.4 Å². The molecule has 0 radical (unpaired) electrons. The molecule has 0 N–H and O–H groups in total. The summed E-state index contributed by atoms with van der Waals surface area (Å²) in [6, 6.07) is 18.3. The number of benzene rings is 2. The first-order valence-electron chi connectivity index (χ1n) is 6.68. The van der Waals surface area contributed by atoms with Crippen LogP contribution in [0.3, 0.4) is 0 Å². The summed E-state index contributed by atoms with van der Waals surface area (Å²) in [7, 11) is 0. The van der Waals surface area contributed by atoms with Gasteiger partial charge in [0.25, 0.3) is 5.91 Å². The average molecular weight is 310 g/mol. The largest absolute Gasteiger partial charge is 0.279 e. The number of hydrogen-bond donors (Lipinski definition) is 0. The lowest BCUT2D eigenvalue weighted by Gasteiger charge is -2.03. The number of rotatable bonds is 2. The zero-order valence-electron chi connectivity index (χ0n) is 11.6. The van der Waals surface area contributed by atoms with E-state index in [1.807, 2.05) is 30.3 Å². The van der Waals surface area contributed by atoms with Crippen LogP contribution in [0.15, 0.2) is 78.0 Å². The third-order valence-electron chi connectivity index (χ3n) is 3.06. The van der Waals surface area contributed by atoms with E-state index in [4.69, 9.17) is 11.6 Å². The quantitative estimate of drug-likeness (QED) is 0.729. The highest BCUT2D eigenvalue weighted by molar-refractivity contribution is 6.33. The molecular formula is C17H12ClN3O. The summed E-state index contributed by atoms with van der Waals surface area (Å²) >= 11 is 5.99. The zero-order chi connectivity index (χ0) is 15.4. The Morgan fingerprint density at radius 2 is 1.73 bits per heavy atom. The molecule has 0 atom stereocenters. The van der Waals surface area contributed by atoms with Crippen molar-refractivity contribution in [3.05, 3.63) is 89.0 Å². The van der Waals surface area contributed by atoms with Crippen LogP contribution in [-0.2, 0) is 0 Å². The molecule has 0 saturated carbocycles. The molecule has 0 bridgehead atoms. The maximum absolute atomic E-state index is 12.1. The summed E-state index contributed by atoms with van der Waals surface area (Å²) in [6.07, 6.45) is 3.30. The van der Waals surface area contributed by atoms with Crippen LogP contribution < -0.4 is 5.36 Å². The molecular weight excluding hydrogens is 298 g/mol. The van der Waals surface area contributed by atoms with E-state index in [9.17, 15) is 4.79 Å². The van der Waals surface area contributed by atoms with Crippen molar-refractivity contribution in [3.63, 3.8) is 0 Å². The molecule has 0 saturated heterocycles. The summed E-state index contributed by atoms with van der Waals surface area (Å²) in [5, 5.41) is 5.13. The first-order valence-corrected chi connectivity index (χ1v) is 7.06. The SMILES string of the molecule is O=C(/N=c1\ccn(-c2ccccc2)nc1)c1ccccc1Cl. The van der Waals surface area contributed by atoms with Crippen LogP contribution in [-0.4, -0.2) is 15.7 Å². The van der Waals surface area contributed by atoms with Crippen molar-refractivity contribution in [3.8, 4) is 5.69 Å². The van der Waals surface area contributed by atoms with Crippen molar-refractivity contribution in [1.29, 1.82) is 0 Å². The topological polar surface area (TPSA) is 47.2 Å². The zero-order valence-corrected chi connectivity index (χ0v) is 12.3. The van der Waals surface area contributed by atoms with Gasteiger partial charge >= 0.3 is 0 Å². The van der Waals surface area contributed by atoms with Gasteiger partial charge in [0.2, 0.25) is 0 Å². The van der Waals surface area contributed by atoms with Gasteiger partial charge in [-0.05, 0) is 30.3 Å². The fourth-order valence-electron chi connectivity index (χ4n) is 1.96. The van der Waals surface area contributed by atoms with Gasteiger partial charge in [-0.15, -0.1) is 0 Å². The Balaban J connectivity index is 1.90. The summed E-state index contributed by atoms with van der Waals surface area (Å²) < 4.78 is 1.71. The minimum Gasteiger partial charge on any atom is -0.267 e. The molecule has 1 aromatic heterocycles. The van der Waals surface area contributed by atoms with Gasteiger partial charge in [-0.2, -0.15) is 5.10 Å². The molecule has 1 heterocycles. The number of amides is 1. The lowest BCUT2D eigenvalue weighted by atomic mass is 10.2. The molecule has 2 aromatic carbocycles. The highest BCUT2D eigenvalue weighted by Gasteiger charge is 2.07. The van der Waals surface area contributed by atoms with Crippen molar-refractivity contribution >= 4 is 17.5 Å². The molecule has 1 amide bonds. The highest BCUT2D eigenvalue weighted by atomic mass is 35.5. The fourth-order valence-corrected chi connectivity index (χ4v) is 2.18. The first-order chi connectivity index (χ1) is 10.7. The van der Waals surface area contributed by atoms with Crippen LogP contribution in [0.4, 0.5) is 0 Å². The van der Waals surface area contributed by atoms with E-state index in [0.29, 0.717) is 15.9 Å². The molecule has 0 aliphatic carbocycles. The van der Waals surface area contributed by atoms with Crippen molar-refractivity contribution < 1.29 is 4.79 Å². The van der Waals surface area contributed by atoms with Gasteiger partial charge in [-0.3, -0.25) is 4.79 Å². The van der Waals surface area contributed by atoms with Crippen LogP contribution >= 0.6 is 11.6 Å². The Bertz CT molecular complexity index is 852. The molecule has 0 aliphatic heterocycles. The molecule has 3 rings (SSSR count). The summed E-state index contributed by atoms with van der Waals surface area (Å²) in [5.74, 6) is -0.384. The van der Waals surface area contributed by atoms with E-state index in [1.54, 1.807) is 47.4 Å². The van der Waals surface area contributed by atoms with Gasteiger partial charge in [-0.1, -0.05) is 41.9 Å². The van der Waals surface area contributed by atoms with Crippen LogP contribution in [0.5, 0.6) is 0 Å². The van der Waals surface area contributed by atoms with E-state index in [2.05, 4.69) is 10.1 Å². The van der Waals surface area contributed by atoms with Crippen LogP contribution in [0, 0.1) is 0 Å². The Morgan fingerprint density at radius 1 is 1.00 bits per heavy atom. The van der Waals surface area contributed by atoms with Crippen molar-refractivity contribution in [1.82, 2.24) is 9.78 Å². The Hall–Kier alpha value is -2.72. The van der Waals surface area contributed by atoms with Gasteiger partial charge in [0.15, 0.2) is 0 Å². The van der Waals surface area contributed by atoms with Gasteiger partial charge in [-0.25, -0.2) is 9.67 Å². The van der Waals surface area contributed by atoms with Crippen molar-refractivity contribution in [2.45, 2.75) is 0 Å². The summed E-state index contributed by atoms with van der Waals surface area (Å²) in [4.78, 5) is 16.1.